The molecule has 0 aliphatic heterocycles. The SMILES string of the molecule is Clc1ccc(-c2cncc(-c3ccc(Cl)c(Cl)c3Cl)c2I)c(Cl)c1Cl. The Morgan fingerprint density at radius 2 is 0.960 bits per heavy atom. The topological polar surface area (TPSA) is 12.9 Å². The maximum absolute atomic E-state index is 6.37. The van der Waals surface area contributed by atoms with Crippen LogP contribution in [0, 0.1) is 3.57 Å². The Balaban J connectivity index is 2.24. The van der Waals surface area contributed by atoms with Crippen LogP contribution in [0.5, 0.6) is 0 Å². The molecule has 3 aromatic rings. The lowest BCUT2D eigenvalue weighted by molar-refractivity contribution is 1.31. The van der Waals surface area contributed by atoms with Gasteiger partial charge in [-0.05, 0) is 34.7 Å². The maximum atomic E-state index is 6.37. The zero-order valence-corrected chi connectivity index (χ0v) is 18.8. The number of hydrogen-bond acceptors (Lipinski definition) is 1. The lowest BCUT2D eigenvalue weighted by atomic mass is 10.0. The second-order valence-corrected chi connectivity index (χ2v) is 8.40. The van der Waals surface area contributed by atoms with Gasteiger partial charge in [0.05, 0.1) is 30.1 Å². The van der Waals surface area contributed by atoms with Gasteiger partial charge in [0.25, 0.3) is 0 Å². The number of halogens is 7. The molecule has 1 aromatic heterocycles. The summed E-state index contributed by atoms with van der Waals surface area (Å²) in [4.78, 5) is 4.31. The van der Waals surface area contributed by atoms with Gasteiger partial charge in [0, 0.05) is 38.2 Å². The molecule has 0 atom stereocenters. The van der Waals surface area contributed by atoms with Crippen LogP contribution in [0.2, 0.25) is 30.1 Å². The second-order valence-electron chi connectivity index (χ2n) is 4.99. The summed E-state index contributed by atoms with van der Waals surface area (Å²) in [7, 11) is 0. The summed E-state index contributed by atoms with van der Waals surface area (Å²) < 4.78 is 0.896. The predicted molar refractivity (Wildman–Crippen MR) is 118 cm³/mol. The van der Waals surface area contributed by atoms with Crippen LogP contribution in [-0.4, -0.2) is 4.98 Å². The minimum absolute atomic E-state index is 0.301. The number of benzene rings is 2. The van der Waals surface area contributed by atoms with Crippen molar-refractivity contribution in [3.8, 4) is 22.3 Å². The molecule has 25 heavy (non-hydrogen) atoms. The molecule has 0 amide bonds. The van der Waals surface area contributed by atoms with Crippen molar-refractivity contribution in [2.45, 2.75) is 0 Å². The largest absolute Gasteiger partial charge is 0.263 e. The van der Waals surface area contributed by atoms with E-state index in [1.807, 2.05) is 0 Å². The number of pyridine rings is 1. The zero-order chi connectivity index (χ0) is 18.3. The molecule has 0 radical (unpaired) electrons. The highest BCUT2D eigenvalue weighted by atomic mass is 127. The van der Waals surface area contributed by atoms with E-state index in [0.717, 1.165) is 25.8 Å². The normalized spacial score (nSPS) is 11.0. The van der Waals surface area contributed by atoms with Gasteiger partial charge in [-0.15, -0.1) is 0 Å². The molecule has 128 valence electrons. The molecule has 0 aliphatic rings. The van der Waals surface area contributed by atoms with Crippen molar-refractivity contribution in [1.29, 1.82) is 0 Å². The first-order valence-electron chi connectivity index (χ1n) is 6.74. The molecule has 1 heterocycles. The average Bonchev–Trinajstić information content (AvgIpc) is 2.59. The minimum Gasteiger partial charge on any atom is -0.263 e. The first kappa shape index (κ1) is 19.8. The molecule has 1 nitrogen and oxygen atoms in total. The fourth-order valence-electron chi connectivity index (χ4n) is 2.29. The van der Waals surface area contributed by atoms with Crippen molar-refractivity contribution < 1.29 is 0 Å². The van der Waals surface area contributed by atoms with Crippen molar-refractivity contribution in [2.75, 3.05) is 0 Å². The Bertz CT molecular complexity index is 914. The lowest BCUT2D eigenvalue weighted by Crippen LogP contribution is -1.93. The Morgan fingerprint density at radius 3 is 1.36 bits per heavy atom. The van der Waals surface area contributed by atoms with Crippen LogP contribution in [-0.2, 0) is 0 Å². The van der Waals surface area contributed by atoms with Gasteiger partial charge in [-0.1, -0.05) is 81.7 Å². The van der Waals surface area contributed by atoms with Crippen LogP contribution < -0.4 is 0 Å². The Hall–Kier alpha value is 0.0600. The van der Waals surface area contributed by atoms with Gasteiger partial charge >= 0.3 is 0 Å². The summed E-state index contributed by atoms with van der Waals surface area (Å²) in [5.41, 5.74) is 3.07. The third-order valence-corrected chi connectivity index (χ3v) is 7.28. The Kier molecular flexibility index (Phi) is 6.32. The second kappa shape index (κ2) is 7.97. The van der Waals surface area contributed by atoms with Crippen molar-refractivity contribution in [2.24, 2.45) is 0 Å². The number of aromatic nitrogens is 1. The fraction of sp³-hybridized carbons (Fsp3) is 0. The molecule has 2 aromatic carbocycles. The minimum atomic E-state index is 0.301. The molecule has 0 N–H and O–H groups in total. The van der Waals surface area contributed by atoms with E-state index in [2.05, 4.69) is 27.6 Å². The zero-order valence-electron chi connectivity index (χ0n) is 12.1. The summed E-state index contributed by atoms with van der Waals surface area (Å²) in [5, 5.41) is 2.12. The van der Waals surface area contributed by atoms with Crippen LogP contribution in [0.1, 0.15) is 0 Å². The van der Waals surface area contributed by atoms with Crippen LogP contribution >= 0.6 is 92.2 Å². The van der Waals surface area contributed by atoms with Crippen molar-refractivity contribution in [3.63, 3.8) is 0 Å². The maximum Gasteiger partial charge on any atom is 0.0784 e. The summed E-state index contributed by atoms with van der Waals surface area (Å²) in [6.45, 7) is 0. The standard InChI is InChI=1S/C17H6Cl6IN/c18-11-3-1-7(13(20)15(11)22)9-5-25-6-10(17(9)24)8-2-4-12(19)16(23)14(8)21/h1-6H. The quantitative estimate of drug-likeness (QED) is 0.224. The van der Waals surface area contributed by atoms with E-state index >= 15 is 0 Å². The van der Waals surface area contributed by atoms with E-state index in [1.165, 1.54) is 0 Å². The number of hydrogen-bond donors (Lipinski definition) is 0. The molecular weight excluding hydrogens is 558 g/mol. The highest BCUT2D eigenvalue weighted by molar-refractivity contribution is 14.1. The molecule has 0 fully saturated rings. The van der Waals surface area contributed by atoms with Crippen LogP contribution in [0.15, 0.2) is 36.7 Å². The predicted octanol–water partition coefficient (Wildman–Crippen LogP) is 8.94. The molecule has 8 heteroatoms. The number of nitrogens with zero attached hydrogens (tertiary/aromatic N) is 1. The third-order valence-electron chi connectivity index (χ3n) is 3.53. The smallest absolute Gasteiger partial charge is 0.0784 e. The fourth-order valence-corrected chi connectivity index (χ4v) is 4.42. The van der Waals surface area contributed by atoms with Crippen molar-refractivity contribution in [1.82, 2.24) is 4.98 Å². The van der Waals surface area contributed by atoms with Gasteiger partial charge in [-0.2, -0.15) is 0 Å². The van der Waals surface area contributed by atoms with Crippen LogP contribution in [0.3, 0.4) is 0 Å². The summed E-state index contributed by atoms with van der Waals surface area (Å²) >= 11 is 39.3. The van der Waals surface area contributed by atoms with Crippen molar-refractivity contribution >= 4 is 92.2 Å². The lowest BCUT2D eigenvalue weighted by Gasteiger charge is -2.14. The first-order chi connectivity index (χ1) is 11.8. The summed E-state index contributed by atoms with van der Waals surface area (Å²) in [6, 6.07) is 6.99. The highest BCUT2D eigenvalue weighted by Crippen LogP contribution is 2.44. The van der Waals surface area contributed by atoms with Gasteiger partial charge in [0.1, 0.15) is 0 Å². The monoisotopic (exact) mass is 561 g/mol. The van der Waals surface area contributed by atoms with E-state index in [9.17, 15) is 0 Å². The molecule has 0 aliphatic carbocycles. The number of rotatable bonds is 2. The molecular formula is C17H6Cl6IN. The molecule has 3 rings (SSSR count). The van der Waals surface area contributed by atoms with E-state index < -0.39 is 0 Å². The Morgan fingerprint density at radius 1 is 0.560 bits per heavy atom. The molecule has 0 bridgehead atoms. The summed E-state index contributed by atoms with van der Waals surface area (Å²) in [5.74, 6) is 0. The van der Waals surface area contributed by atoms with E-state index in [-0.39, 0.29) is 0 Å². The van der Waals surface area contributed by atoms with Gasteiger partial charge in [-0.3, -0.25) is 4.98 Å². The average molecular weight is 564 g/mol. The van der Waals surface area contributed by atoms with Crippen molar-refractivity contribution in [3.05, 3.63) is 70.4 Å². The van der Waals surface area contributed by atoms with E-state index in [4.69, 9.17) is 69.6 Å². The molecule has 0 saturated heterocycles. The van der Waals surface area contributed by atoms with Gasteiger partial charge < -0.3 is 0 Å². The summed E-state index contributed by atoms with van der Waals surface area (Å²) in [6.07, 6.45) is 3.42. The van der Waals surface area contributed by atoms with Crippen LogP contribution in [0.25, 0.3) is 22.3 Å². The van der Waals surface area contributed by atoms with Gasteiger partial charge in [0.15, 0.2) is 0 Å². The first-order valence-corrected chi connectivity index (χ1v) is 10.1. The Labute approximate surface area is 188 Å². The molecule has 0 saturated carbocycles. The van der Waals surface area contributed by atoms with Gasteiger partial charge in [-0.25, -0.2) is 0 Å². The third kappa shape index (κ3) is 3.73. The van der Waals surface area contributed by atoms with Crippen LogP contribution in [0.4, 0.5) is 0 Å². The molecule has 0 unspecified atom stereocenters. The van der Waals surface area contributed by atoms with E-state index in [1.54, 1.807) is 36.7 Å². The molecule has 0 spiro atoms. The highest BCUT2D eigenvalue weighted by Gasteiger charge is 2.18. The van der Waals surface area contributed by atoms with E-state index in [0.29, 0.717) is 30.1 Å². The van der Waals surface area contributed by atoms with Gasteiger partial charge in [0.2, 0.25) is 0 Å².